The van der Waals surface area contributed by atoms with Crippen molar-refractivity contribution >= 4 is 35.0 Å². The number of carbonyl (C=O) groups excluding carboxylic acids is 3. The van der Waals surface area contributed by atoms with Crippen LogP contribution in [0.15, 0.2) is 48.5 Å². The van der Waals surface area contributed by atoms with E-state index in [0.29, 0.717) is 16.3 Å². The third-order valence-electron chi connectivity index (χ3n) is 4.30. The molecule has 2 aromatic rings. The summed E-state index contributed by atoms with van der Waals surface area (Å²) in [4.78, 5) is 38.2. The van der Waals surface area contributed by atoms with Crippen molar-refractivity contribution in [3.63, 3.8) is 0 Å². The molecule has 0 bridgehead atoms. The van der Waals surface area contributed by atoms with E-state index in [4.69, 9.17) is 11.6 Å². The van der Waals surface area contributed by atoms with E-state index in [1.165, 1.54) is 4.90 Å². The van der Waals surface area contributed by atoms with Crippen molar-refractivity contribution in [3.8, 4) is 0 Å². The molecule has 1 aliphatic rings. The molecule has 0 radical (unpaired) electrons. The largest absolute Gasteiger partial charge is 0.312 e. The van der Waals surface area contributed by atoms with E-state index in [1.54, 1.807) is 36.4 Å². The fourth-order valence-corrected chi connectivity index (χ4v) is 3.08. The smallest absolute Gasteiger partial charge is 0.269 e. The van der Waals surface area contributed by atoms with E-state index in [2.05, 4.69) is 10.9 Å². The molecular formula is C19H18ClN3O3. The lowest BCUT2D eigenvalue weighted by Crippen LogP contribution is -2.45. The first kappa shape index (κ1) is 17.9. The zero-order valence-corrected chi connectivity index (χ0v) is 14.9. The zero-order valence-electron chi connectivity index (χ0n) is 14.2. The molecule has 134 valence electrons. The lowest BCUT2D eigenvalue weighted by molar-refractivity contribution is -0.126. The number of amides is 3. The van der Waals surface area contributed by atoms with Gasteiger partial charge in [-0.05, 0) is 36.8 Å². The number of aryl methyl sites for hydroxylation is 1. The fourth-order valence-electron chi connectivity index (χ4n) is 2.89. The van der Waals surface area contributed by atoms with Crippen LogP contribution in [0.2, 0.25) is 5.02 Å². The van der Waals surface area contributed by atoms with Crippen molar-refractivity contribution in [2.75, 3.05) is 11.4 Å². The van der Waals surface area contributed by atoms with Crippen LogP contribution in [0.5, 0.6) is 0 Å². The SMILES string of the molecule is Cc1ccccc1C(=O)NNC(=O)C1CC(=O)N(c2cccc(Cl)c2)C1. The number of rotatable bonds is 3. The summed E-state index contributed by atoms with van der Waals surface area (Å²) < 4.78 is 0. The normalized spacial score (nSPS) is 16.5. The van der Waals surface area contributed by atoms with Crippen molar-refractivity contribution in [1.29, 1.82) is 0 Å². The number of anilines is 1. The molecule has 0 aromatic heterocycles. The maximum atomic E-state index is 12.3. The van der Waals surface area contributed by atoms with Crippen molar-refractivity contribution in [1.82, 2.24) is 10.9 Å². The first-order valence-electron chi connectivity index (χ1n) is 8.17. The molecule has 26 heavy (non-hydrogen) atoms. The van der Waals surface area contributed by atoms with Gasteiger partial charge in [-0.15, -0.1) is 0 Å². The van der Waals surface area contributed by atoms with Crippen LogP contribution in [-0.2, 0) is 9.59 Å². The van der Waals surface area contributed by atoms with Gasteiger partial charge < -0.3 is 4.90 Å². The van der Waals surface area contributed by atoms with Gasteiger partial charge in [-0.2, -0.15) is 0 Å². The summed E-state index contributed by atoms with van der Waals surface area (Å²) in [6.07, 6.45) is 0.0819. The van der Waals surface area contributed by atoms with Gasteiger partial charge in [0.05, 0.1) is 5.92 Å². The second kappa shape index (κ2) is 7.58. The molecule has 3 rings (SSSR count). The van der Waals surface area contributed by atoms with Gasteiger partial charge in [0.1, 0.15) is 0 Å². The highest BCUT2D eigenvalue weighted by Gasteiger charge is 2.35. The summed E-state index contributed by atoms with van der Waals surface area (Å²) in [6.45, 7) is 2.06. The summed E-state index contributed by atoms with van der Waals surface area (Å²) in [5, 5.41) is 0.522. The Hall–Kier alpha value is -2.86. The van der Waals surface area contributed by atoms with Crippen LogP contribution in [0.3, 0.4) is 0 Å². The molecule has 0 aliphatic carbocycles. The molecule has 1 fully saturated rings. The molecular weight excluding hydrogens is 354 g/mol. The highest BCUT2D eigenvalue weighted by atomic mass is 35.5. The number of nitrogens with one attached hydrogen (secondary N) is 2. The third kappa shape index (κ3) is 3.86. The van der Waals surface area contributed by atoms with Crippen molar-refractivity contribution in [2.45, 2.75) is 13.3 Å². The number of hydrazine groups is 1. The Kier molecular flexibility index (Phi) is 5.23. The van der Waals surface area contributed by atoms with Crippen LogP contribution in [0.4, 0.5) is 5.69 Å². The van der Waals surface area contributed by atoms with Crippen molar-refractivity contribution in [3.05, 3.63) is 64.7 Å². The Bertz CT molecular complexity index is 869. The van der Waals surface area contributed by atoms with Gasteiger partial charge in [-0.25, -0.2) is 0 Å². The average Bonchev–Trinajstić information content (AvgIpc) is 3.01. The van der Waals surface area contributed by atoms with Gasteiger partial charge >= 0.3 is 0 Å². The summed E-state index contributed by atoms with van der Waals surface area (Å²) in [5.41, 5.74) is 6.76. The van der Waals surface area contributed by atoms with E-state index in [1.807, 2.05) is 19.1 Å². The standard InChI is InChI=1S/C19H18ClN3O3/c1-12-5-2-3-8-16(12)19(26)22-21-18(25)13-9-17(24)23(11-13)15-7-4-6-14(20)10-15/h2-8,10,13H,9,11H2,1H3,(H,21,25)(H,22,26). The number of hydrogen-bond acceptors (Lipinski definition) is 3. The highest BCUT2D eigenvalue weighted by Crippen LogP contribution is 2.27. The number of nitrogens with zero attached hydrogens (tertiary/aromatic N) is 1. The fraction of sp³-hybridized carbons (Fsp3) is 0.211. The predicted octanol–water partition coefficient (Wildman–Crippen LogP) is 2.46. The summed E-state index contributed by atoms with van der Waals surface area (Å²) in [6, 6.07) is 14.0. The summed E-state index contributed by atoms with van der Waals surface area (Å²) >= 11 is 5.96. The Morgan fingerprint density at radius 1 is 1.12 bits per heavy atom. The molecule has 1 atom stereocenters. The first-order valence-corrected chi connectivity index (χ1v) is 8.55. The molecule has 2 N–H and O–H groups in total. The Morgan fingerprint density at radius 2 is 1.88 bits per heavy atom. The molecule has 6 nitrogen and oxygen atoms in total. The topological polar surface area (TPSA) is 78.5 Å². The minimum Gasteiger partial charge on any atom is -0.312 e. The van der Waals surface area contributed by atoms with E-state index >= 15 is 0 Å². The van der Waals surface area contributed by atoms with E-state index in [9.17, 15) is 14.4 Å². The van der Waals surface area contributed by atoms with Gasteiger partial charge in [0, 0.05) is 29.2 Å². The molecule has 3 amide bonds. The minimum atomic E-state index is -0.543. The second-order valence-corrected chi connectivity index (χ2v) is 6.58. The van der Waals surface area contributed by atoms with Gasteiger partial charge in [-0.1, -0.05) is 35.9 Å². The first-order chi connectivity index (χ1) is 12.5. The molecule has 1 aliphatic heterocycles. The Morgan fingerprint density at radius 3 is 2.62 bits per heavy atom. The van der Waals surface area contributed by atoms with Crippen LogP contribution < -0.4 is 15.8 Å². The van der Waals surface area contributed by atoms with Crippen LogP contribution in [0.25, 0.3) is 0 Å². The van der Waals surface area contributed by atoms with Crippen LogP contribution in [0.1, 0.15) is 22.3 Å². The highest BCUT2D eigenvalue weighted by molar-refractivity contribution is 6.31. The third-order valence-corrected chi connectivity index (χ3v) is 4.54. The molecule has 1 saturated heterocycles. The summed E-state index contributed by atoms with van der Waals surface area (Å²) in [5.74, 6) is -1.49. The van der Waals surface area contributed by atoms with Gasteiger partial charge in [0.15, 0.2) is 0 Å². The maximum Gasteiger partial charge on any atom is 0.269 e. The van der Waals surface area contributed by atoms with Gasteiger partial charge in [0.25, 0.3) is 5.91 Å². The van der Waals surface area contributed by atoms with Gasteiger partial charge in [0.2, 0.25) is 11.8 Å². The quantitative estimate of drug-likeness (QED) is 0.813. The van der Waals surface area contributed by atoms with Crippen LogP contribution in [-0.4, -0.2) is 24.3 Å². The number of halogens is 1. The molecule has 0 spiro atoms. The average molecular weight is 372 g/mol. The minimum absolute atomic E-state index is 0.0819. The van der Waals surface area contributed by atoms with Crippen molar-refractivity contribution < 1.29 is 14.4 Å². The maximum absolute atomic E-state index is 12.3. The molecule has 1 heterocycles. The molecule has 1 unspecified atom stereocenters. The monoisotopic (exact) mass is 371 g/mol. The molecule has 7 heteroatoms. The lowest BCUT2D eigenvalue weighted by Gasteiger charge is -2.17. The number of carbonyl (C=O) groups is 3. The van der Waals surface area contributed by atoms with E-state index in [0.717, 1.165) is 5.56 Å². The van der Waals surface area contributed by atoms with Crippen LogP contribution >= 0.6 is 11.6 Å². The number of hydrogen-bond donors (Lipinski definition) is 2. The lowest BCUT2D eigenvalue weighted by atomic mass is 10.1. The Labute approximate surface area is 156 Å². The van der Waals surface area contributed by atoms with Gasteiger partial charge in [-0.3, -0.25) is 25.2 Å². The second-order valence-electron chi connectivity index (χ2n) is 6.14. The van der Waals surface area contributed by atoms with Crippen LogP contribution in [0, 0.1) is 12.8 Å². The predicted molar refractivity (Wildman–Crippen MR) is 98.7 cm³/mol. The van der Waals surface area contributed by atoms with Crippen molar-refractivity contribution in [2.24, 2.45) is 5.92 Å². The number of benzene rings is 2. The summed E-state index contributed by atoms with van der Waals surface area (Å²) in [7, 11) is 0. The molecule has 0 saturated carbocycles. The van der Waals surface area contributed by atoms with E-state index in [-0.39, 0.29) is 18.9 Å². The Balaban J connectivity index is 1.60. The van der Waals surface area contributed by atoms with E-state index < -0.39 is 17.7 Å². The molecule has 2 aromatic carbocycles. The zero-order chi connectivity index (χ0) is 18.7.